The van der Waals surface area contributed by atoms with Gasteiger partial charge in [0.15, 0.2) is 11.0 Å². The Hall–Kier alpha value is -1.93. The summed E-state index contributed by atoms with van der Waals surface area (Å²) in [5.74, 6) is 1.16. The molecular weight excluding hydrogens is 288 g/mol. The molecule has 20 heavy (non-hydrogen) atoms. The SMILES string of the molecule is COCc1noc(CNC(=O)CCc2cc(Cl)no2)n1. The molecule has 2 aromatic rings. The van der Waals surface area contributed by atoms with Crippen LogP contribution in [0.3, 0.4) is 0 Å². The Kier molecular flexibility index (Phi) is 5.08. The normalized spacial score (nSPS) is 10.7. The number of aryl methyl sites for hydroxylation is 1. The van der Waals surface area contributed by atoms with Crippen LogP contribution in [0.4, 0.5) is 0 Å². The van der Waals surface area contributed by atoms with Crippen LogP contribution < -0.4 is 5.32 Å². The number of nitrogens with zero attached hydrogens (tertiary/aromatic N) is 3. The number of hydrogen-bond acceptors (Lipinski definition) is 7. The lowest BCUT2D eigenvalue weighted by Gasteiger charge is -2.00. The maximum atomic E-state index is 11.6. The van der Waals surface area contributed by atoms with Gasteiger partial charge in [0.2, 0.25) is 11.8 Å². The number of amides is 1. The van der Waals surface area contributed by atoms with Gasteiger partial charge in [-0.1, -0.05) is 21.9 Å². The second-order valence-corrected chi connectivity index (χ2v) is 4.32. The molecule has 0 aliphatic rings. The average molecular weight is 301 g/mol. The summed E-state index contributed by atoms with van der Waals surface area (Å²) in [6.07, 6.45) is 0.675. The number of carbonyl (C=O) groups excluding carboxylic acids is 1. The molecule has 0 unspecified atom stereocenters. The van der Waals surface area contributed by atoms with E-state index < -0.39 is 0 Å². The van der Waals surface area contributed by atoms with Crippen LogP contribution in [0.2, 0.25) is 5.15 Å². The van der Waals surface area contributed by atoms with E-state index in [1.807, 2.05) is 0 Å². The van der Waals surface area contributed by atoms with E-state index in [9.17, 15) is 4.79 Å². The van der Waals surface area contributed by atoms with Crippen molar-refractivity contribution in [3.05, 3.63) is 28.7 Å². The monoisotopic (exact) mass is 300 g/mol. The van der Waals surface area contributed by atoms with Gasteiger partial charge in [-0.25, -0.2) is 0 Å². The lowest BCUT2D eigenvalue weighted by Crippen LogP contribution is -2.23. The molecule has 0 spiro atoms. The Morgan fingerprint density at radius 3 is 3.00 bits per heavy atom. The van der Waals surface area contributed by atoms with Crippen molar-refractivity contribution in [1.29, 1.82) is 0 Å². The van der Waals surface area contributed by atoms with Gasteiger partial charge in [0, 0.05) is 26.0 Å². The van der Waals surface area contributed by atoms with Crippen molar-refractivity contribution in [1.82, 2.24) is 20.6 Å². The molecule has 9 heteroatoms. The second-order valence-electron chi connectivity index (χ2n) is 3.93. The standard InChI is InChI=1S/C11H13ClN4O4/c1-18-6-9-14-11(20-16-9)5-13-10(17)3-2-7-4-8(12)15-19-7/h4H,2-3,5-6H2,1H3,(H,13,17). The summed E-state index contributed by atoms with van der Waals surface area (Å²) in [5.41, 5.74) is 0. The Bertz CT molecular complexity index is 568. The zero-order valence-corrected chi connectivity index (χ0v) is 11.5. The Morgan fingerprint density at radius 2 is 2.30 bits per heavy atom. The van der Waals surface area contributed by atoms with Crippen molar-refractivity contribution in [2.24, 2.45) is 0 Å². The molecule has 2 aromatic heterocycles. The zero-order valence-electron chi connectivity index (χ0n) is 10.8. The van der Waals surface area contributed by atoms with Crippen molar-refractivity contribution in [3.63, 3.8) is 0 Å². The predicted octanol–water partition coefficient (Wildman–Crippen LogP) is 1.11. The fraction of sp³-hybridized carbons (Fsp3) is 0.455. The van der Waals surface area contributed by atoms with Gasteiger partial charge in [0.1, 0.15) is 12.4 Å². The highest BCUT2D eigenvalue weighted by atomic mass is 35.5. The van der Waals surface area contributed by atoms with Crippen molar-refractivity contribution in [2.45, 2.75) is 26.0 Å². The first-order chi connectivity index (χ1) is 9.67. The minimum Gasteiger partial charge on any atom is -0.377 e. The van der Waals surface area contributed by atoms with E-state index in [0.29, 0.717) is 23.9 Å². The number of hydrogen-bond donors (Lipinski definition) is 1. The van der Waals surface area contributed by atoms with Crippen LogP contribution in [-0.4, -0.2) is 28.3 Å². The van der Waals surface area contributed by atoms with Gasteiger partial charge in [-0.05, 0) is 0 Å². The Morgan fingerprint density at radius 1 is 1.45 bits per heavy atom. The van der Waals surface area contributed by atoms with Crippen LogP contribution in [0.5, 0.6) is 0 Å². The highest BCUT2D eigenvalue weighted by Gasteiger charge is 2.09. The molecule has 2 heterocycles. The van der Waals surface area contributed by atoms with E-state index in [2.05, 4.69) is 20.6 Å². The molecule has 8 nitrogen and oxygen atoms in total. The maximum Gasteiger partial charge on any atom is 0.246 e. The van der Waals surface area contributed by atoms with Gasteiger partial charge in [-0.15, -0.1) is 0 Å². The molecule has 0 aromatic carbocycles. The van der Waals surface area contributed by atoms with Gasteiger partial charge in [-0.2, -0.15) is 4.98 Å². The van der Waals surface area contributed by atoms with Crippen molar-refractivity contribution >= 4 is 17.5 Å². The highest BCUT2D eigenvalue weighted by Crippen LogP contribution is 2.10. The lowest BCUT2D eigenvalue weighted by atomic mass is 10.2. The third-order valence-electron chi connectivity index (χ3n) is 2.35. The average Bonchev–Trinajstić information content (AvgIpc) is 3.04. The number of nitrogens with one attached hydrogen (secondary N) is 1. The van der Waals surface area contributed by atoms with E-state index in [1.54, 1.807) is 6.07 Å². The van der Waals surface area contributed by atoms with E-state index in [0.717, 1.165) is 0 Å². The fourth-order valence-electron chi connectivity index (χ4n) is 1.45. The van der Waals surface area contributed by atoms with E-state index in [1.165, 1.54) is 7.11 Å². The lowest BCUT2D eigenvalue weighted by molar-refractivity contribution is -0.121. The minimum atomic E-state index is -0.163. The van der Waals surface area contributed by atoms with Crippen LogP contribution in [0.15, 0.2) is 15.1 Å². The number of aromatic nitrogens is 3. The summed E-state index contributed by atoms with van der Waals surface area (Å²) in [6.45, 7) is 0.441. The third-order valence-corrected chi connectivity index (χ3v) is 2.53. The summed E-state index contributed by atoms with van der Waals surface area (Å²) in [4.78, 5) is 15.6. The molecule has 0 saturated carbocycles. The zero-order chi connectivity index (χ0) is 14.4. The smallest absolute Gasteiger partial charge is 0.246 e. The third kappa shape index (κ3) is 4.32. The van der Waals surface area contributed by atoms with E-state index in [4.69, 9.17) is 25.4 Å². The Balaban J connectivity index is 1.71. The van der Waals surface area contributed by atoms with Gasteiger partial charge in [0.05, 0.1) is 6.54 Å². The molecule has 0 aliphatic carbocycles. The molecule has 0 aliphatic heterocycles. The number of carbonyl (C=O) groups is 1. The molecule has 0 atom stereocenters. The molecule has 0 radical (unpaired) electrons. The topological polar surface area (TPSA) is 103 Å². The van der Waals surface area contributed by atoms with E-state index >= 15 is 0 Å². The summed E-state index contributed by atoms with van der Waals surface area (Å²) in [5, 5.41) is 10.1. The van der Waals surface area contributed by atoms with Gasteiger partial charge in [-0.3, -0.25) is 4.79 Å². The van der Waals surface area contributed by atoms with Crippen LogP contribution in [0.25, 0.3) is 0 Å². The molecule has 0 bridgehead atoms. The number of ether oxygens (including phenoxy) is 1. The molecule has 2 rings (SSSR count). The summed E-state index contributed by atoms with van der Waals surface area (Å²) < 4.78 is 14.7. The van der Waals surface area contributed by atoms with Crippen LogP contribution in [0, 0.1) is 0 Å². The molecule has 108 valence electrons. The quantitative estimate of drug-likeness (QED) is 0.816. The first-order valence-electron chi connectivity index (χ1n) is 5.85. The molecule has 0 saturated heterocycles. The van der Waals surface area contributed by atoms with Crippen molar-refractivity contribution < 1.29 is 18.6 Å². The molecule has 0 fully saturated rings. The van der Waals surface area contributed by atoms with Gasteiger partial charge in [0.25, 0.3) is 0 Å². The molecule has 1 amide bonds. The largest absolute Gasteiger partial charge is 0.377 e. The maximum absolute atomic E-state index is 11.6. The highest BCUT2D eigenvalue weighted by molar-refractivity contribution is 6.29. The summed E-state index contributed by atoms with van der Waals surface area (Å²) in [6, 6.07) is 1.57. The molecule has 1 N–H and O–H groups in total. The van der Waals surface area contributed by atoms with Crippen LogP contribution in [0.1, 0.15) is 23.9 Å². The molecular formula is C11H13ClN4O4. The van der Waals surface area contributed by atoms with Gasteiger partial charge >= 0.3 is 0 Å². The summed E-state index contributed by atoms with van der Waals surface area (Å²) in [7, 11) is 1.54. The fourth-order valence-corrected chi connectivity index (χ4v) is 1.61. The van der Waals surface area contributed by atoms with Gasteiger partial charge < -0.3 is 19.1 Å². The minimum absolute atomic E-state index is 0.163. The second kappa shape index (κ2) is 7.01. The Labute approximate surface area is 119 Å². The van der Waals surface area contributed by atoms with Crippen molar-refractivity contribution in [3.8, 4) is 0 Å². The number of halogens is 1. The number of methoxy groups -OCH3 is 1. The first kappa shape index (κ1) is 14.5. The van der Waals surface area contributed by atoms with E-state index in [-0.39, 0.29) is 30.6 Å². The predicted molar refractivity (Wildman–Crippen MR) is 66.7 cm³/mol. The first-order valence-corrected chi connectivity index (χ1v) is 6.23. The van der Waals surface area contributed by atoms with Crippen LogP contribution >= 0.6 is 11.6 Å². The van der Waals surface area contributed by atoms with Crippen LogP contribution in [-0.2, 0) is 29.1 Å². The summed E-state index contributed by atoms with van der Waals surface area (Å²) >= 11 is 5.60. The number of rotatable bonds is 7. The van der Waals surface area contributed by atoms with Crippen molar-refractivity contribution in [2.75, 3.05) is 7.11 Å².